The van der Waals surface area contributed by atoms with E-state index in [0.29, 0.717) is 5.56 Å². The van der Waals surface area contributed by atoms with Crippen LogP contribution in [0.25, 0.3) is 0 Å². The lowest BCUT2D eigenvalue weighted by Gasteiger charge is -2.06. The molecule has 0 saturated carbocycles. The monoisotopic (exact) mass is 164 g/mol. The number of aromatic hydroxyl groups is 1. The molecule has 64 valence electrons. The van der Waals surface area contributed by atoms with Crippen LogP contribution in [0.4, 0.5) is 0 Å². The van der Waals surface area contributed by atoms with Gasteiger partial charge >= 0.3 is 0 Å². The van der Waals surface area contributed by atoms with Crippen molar-refractivity contribution in [2.75, 3.05) is 0 Å². The average molecular weight is 164 g/mol. The summed E-state index contributed by atoms with van der Waals surface area (Å²) in [5.41, 5.74) is 1.69. The highest BCUT2D eigenvalue weighted by Crippen LogP contribution is 2.24. The number of aldehydes is 1. The molecule has 0 spiro atoms. The molecule has 0 amide bonds. The van der Waals surface area contributed by atoms with E-state index in [4.69, 9.17) is 0 Å². The Hall–Kier alpha value is -1.31. The van der Waals surface area contributed by atoms with Gasteiger partial charge in [-0.2, -0.15) is 0 Å². The molecule has 0 aliphatic heterocycles. The molecule has 1 rings (SSSR count). The second-order valence-corrected chi connectivity index (χ2v) is 2.99. The first-order valence-electron chi connectivity index (χ1n) is 3.90. The largest absolute Gasteiger partial charge is 0.508 e. The Balaban J connectivity index is 3.09. The molecule has 0 aliphatic rings. The maximum Gasteiger partial charge on any atom is 0.127 e. The second-order valence-electron chi connectivity index (χ2n) is 2.99. The number of rotatable bonds is 2. The van der Waals surface area contributed by atoms with E-state index in [0.717, 1.165) is 11.8 Å². The maximum atomic E-state index is 10.4. The summed E-state index contributed by atoms with van der Waals surface area (Å²) in [6, 6.07) is 5.33. The lowest BCUT2D eigenvalue weighted by atomic mass is 10.0. The molecule has 0 bridgehead atoms. The number of aryl methyl sites for hydroxylation is 1. The standard InChI is InChI=1S/C10H12O2/c1-7-3-4-9(8(2)6-11)10(12)5-7/h3-6,8,12H,1-2H3. The topological polar surface area (TPSA) is 37.3 Å². The van der Waals surface area contributed by atoms with Gasteiger partial charge in [-0.15, -0.1) is 0 Å². The van der Waals surface area contributed by atoms with Gasteiger partial charge in [0, 0.05) is 11.5 Å². The fourth-order valence-corrected chi connectivity index (χ4v) is 1.11. The molecule has 2 heteroatoms. The smallest absolute Gasteiger partial charge is 0.127 e. The molecule has 0 saturated heterocycles. The Kier molecular flexibility index (Phi) is 2.48. The van der Waals surface area contributed by atoms with Crippen LogP contribution < -0.4 is 0 Å². The Labute approximate surface area is 71.8 Å². The summed E-state index contributed by atoms with van der Waals surface area (Å²) in [4.78, 5) is 10.4. The normalized spacial score (nSPS) is 12.5. The average Bonchev–Trinajstić information content (AvgIpc) is 2.03. The zero-order valence-corrected chi connectivity index (χ0v) is 7.24. The number of carbonyl (C=O) groups is 1. The van der Waals surface area contributed by atoms with E-state index in [1.54, 1.807) is 19.1 Å². The molecule has 0 aromatic heterocycles. The van der Waals surface area contributed by atoms with Crippen LogP contribution in [-0.4, -0.2) is 11.4 Å². The van der Waals surface area contributed by atoms with Gasteiger partial charge in [-0.25, -0.2) is 0 Å². The van der Waals surface area contributed by atoms with E-state index in [2.05, 4.69) is 0 Å². The van der Waals surface area contributed by atoms with Crippen LogP contribution in [0.1, 0.15) is 24.0 Å². The summed E-state index contributed by atoms with van der Waals surface area (Å²) >= 11 is 0. The number of phenols is 1. The predicted molar refractivity (Wildman–Crippen MR) is 47.3 cm³/mol. The van der Waals surface area contributed by atoms with E-state index in [9.17, 15) is 9.90 Å². The van der Waals surface area contributed by atoms with E-state index < -0.39 is 0 Å². The molecule has 0 heterocycles. The van der Waals surface area contributed by atoms with Crippen molar-refractivity contribution in [3.8, 4) is 5.75 Å². The van der Waals surface area contributed by atoms with E-state index in [1.807, 2.05) is 13.0 Å². The van der Waals surface area contributed by atoms with Gasteiger partial charge in [0.1, 0.15) is 12.0 Å². The van der Waals surface area contributed by atoms with Crippen LogP contribution in [-0.2, 0) is 4.79 Å². The highest BCUT2D eigenvalue weighted by Gasteiger charge is 2.08. The molecule has 1 atom stereocenters. The molecular formula is C10H12O2. The number of hydrogen-bond acceptors (Lipinski definition) is 2. The van der Waals surface area contributed by atoms with Crippen molar-refractivity contribution in [1.82, 2.24) is 0 Å². The summed E-state index contributed by atoms with van der Waals surface area (Å²) < 4.78 is 0. The van der Waals surface area contributed by atoms with Crippen LogP contribution >= 0.6 is 0 Å². The number of carbonyl (C=O) groups excluding carboxylic acids is 1. The highest BCUT2D eigenvalue weighted by atomic mass is 16.3. The summed E-state index contributed by atoms with van der Waals surface area (Å²) in [7, 11) is 0. The quantitative estimate of drug-likeness (QED) is 0.679. The minimum Gasteiger partial charge on any atom is -0.508 e. The van der Waals surface area contributed by atoms with Crippen molar-refractivity contribution in [1.29, 1.82) is 0 Å². The summed E-state index contributed by atoms with van der Waals surface area (Å²) in [6.07, 6.45) is 0.824. The first-order valence-corrected chi connectivity index (χ1v) is 3.90. The Bertz CT molecular complexity index is 292. The van der Waals surface area contributed by atoms with Gasteiger partial charge in [0.2, 0.25) is 0 Å². The summed E-state index contributed by atoms with van der Waals surface area (Å²) in [6.45, 7) is 3.66. The molecule has 12 heavy (non-hydrogen) atoms. The molecule has 1 N–H and O–H groups in total. The first kappa shape index (κ1) is 8.78. The minimum absolute atomic E-state index is 0.203. The Morgan fingerprint density at radius 1 is 1.50 bits per heavy atom. The van der Waals surface area contributed by atoms with E-state index in [-0.39, 0.29) is 11.7 Å². The zero-order chi connectivity index (χ0) is 9.14. The maximum absolute atomic E-state index is 10.4. The Morgan fingerprint density at radius 3 is 2.67 bits per heavy atom. The molecule has 0 radical (unpaired) electrons. The fraction of sp³-hybridized carbons (Fsp3) is 0.300. The highest BCUT2D eigenvalue weighted by molar-refractivity contribution is 5.63. The van der Waals surface area contributed by atoms with Crippen molar-refractivity contribution in [2.45, 2.75) is 19.8 Å². The van der Waals surface area contributed by atoms with Crippen LogP contribution in [0.3, 0.4) is 0 Å². The molecule has 0 aliphatic carbocycles. The lowest BCUT2D eigenvalue weighted by Crippen LogP contribution is -1.94. The zero-order valence-electron chi connectivity index (χ0n) is 7.24. The van der Waals surface area contributed by atoms with Crippen molar-refractivity contribution in [3.05, 3.63) is 29.3 Å². The second kappa shape index (κ2) is 3.39. The third-order valence-corrected chi connectivity index (χ3v) is 1.88. The van der Waals surface area contributed by atoms with Gasteiger partial charge in [0.05, 0.1) is 0 Å². The SMILES string of the molecule is Cc1ccc(C(C)C=O)c(O)c1. The number of phenolic OH excluding ortho intramolecular Hbond substituents is 1. The van der Waals surface area contributed by atoms with Crippen LogP contribution in [0.15, 0.2) is 18.2 Å². The predicted octanol–water partition coefficient (Wildman–Crippen LogP) is 2.00. The molecule has 2 nitrogen and oxygen atoms in total. The minimum atomic E-state index is -0.231. The number of benzene rings is 1. The number of hydrogen-bond donors (Lipinski definition) is 1. The van der Waals surface area contributed by atoms with Gasteiger partial charge in [0.25, 0.3) is 0 Å². The van der Waals surface area contributed by atoms with E-state index in [1.165, 1.54) is 0 Å². The molecule has 1 unspecified atom stereocenters. The molecule has 0 fully saturated rings. The third kappa shape index (κ3) is 1.64. The van der Waals surface area contributed by atoms with Gasteiger partial charge < -0.3 is 9.90 Å². The van der Waals surface area contributed by atoms with Crippen molar-refractivity contribution in [3.63, 3.8) is 0 Å². The summed E-state index contributed by atoms with van der Waals surface area (Å²) in [5, 5.41) is 9.43. The lowest BCUT2D eigenvalue weighted by molar-refractivity contribution is -0.108. The van der Waals surface area contributed by atoms with Gasteiger partial charge in [-0.1, -0.05) is 19.1 Å². The summed E-state index contributed by atoms with van der Waals surface area (Å²) in [5.74, 6) is -0.0276. The van der Waals surface area contributed by atoms with E-state index >= 15 is 0 Å². The van der Waals surface area contributed by atoms with Crippen molar-refractivity contribution >= 4 is 6.29 Å². The molecular weight excluding hydrogens is 152 g/mol. The first-order chi connectivity index (χ1) is 5.65. The van der Waals surface area contributed by atoms with Gasteiger partial charge in [-0.05, 0) is 18.6 Å². The third-order valence-electron chi connectivity index (χ3n) is 1.88. The fourth-order valence-electron chi connectivity index (χ4n) is 1.11. The molecule has 1 aromatic rings. The van der Waals surface area contributed by atoms with Crippen molar-refractivity contribution < 1.29 is 9.90 Å². The van der Waals surface area contributed by atoms with Crippen LogP contribution in [0.5, 0.6) is 5.75 Å². The van der Waals surface area contributed by atoms with Gasteiger partial charge in [-0.3, -0.25) is 0 Å². The van der Waals surface area contributed by atoms with Crippen LogP contribution in [0, 0.1) is 6.92 Å². The Morgan fingerprint density at radius 2 is 2.17 bits per heavy atom. The van der Waals surface area contributed by atoms with Crippen LogP contribution in [0.2, 0.25) is 0 Å². The van der Waals surface area contributed by atoms with Gasteiger partial charge in [0.15, 0.2) is 0 Å². The van der Waals surface area contributed by atoms with Crippen molar-refractivity contribution in [2.24, 2.45) is 0 Å². The molecule has 1 aromatic carbocycles.